The van der Waals surface area contributed by atoms with E-state index in [4.69, 9.17) is 14.5 Å². The third-order valence-electron chi connectivity index (χ3n) is 9.51. The average Bonchev–Trinajstić information content (AvgIpc) is 3.58. The van der Waals surface area contributed by atoms with Crippen LogP contribution in [0.3, 0.4) is 0 Å². The molecular weight excluding hydrogens is 580 g/mol. The Morgan fingerprint density at radius 3 is 2.39 bits per heavy atom. The Labute approximate surface area is 272 Å². The molecule has 2 aromatic heterocycles. The summed E-state index contributed by atoms with van der Waals surface area (Å²) in [6, 6.07) is 12.4. The highest BCUT2D eigenvalue weighted by Crippen LogP contribution is 2.39. The van der Waals surface area contributed by atoms with Crippen LogP contribution in [0.25, 0.3) is 11.1 Å². The zero-order chi connectivity index (χ0) is 32.8. The Bertz CT molecular complexity index is 1540. The van der Waals surface area contributed by atoms with Crippen LogP contribution in [0.5, 0.6) is 5.75 Å². The highest BCUT2D eigenvalue weighted by Gasteiger charge is 2.34. The van der Waals surface area contributed by atoms with Crippen molar-refractivity contribution >= 4 is 17.8 Å². The maximum absolute atomic E-state index is 14.3. The maximum Gasteiger partial charge on any atom is 0.409 e. The number of benzene rings is 1. The zero-order valence-electron chi connectivity index (χ0n) is 27.7. The molecular formula is C36H46N6O4. The molecule has 10 heteroatoms. The van der Waals surface area contributed by atoms with Gasteiger partial charge in [0, 0.05) is 50.6 Å². The van der Waals surface area contributed by atoms with Gasteiger partial charge in [0.25, 0.3) is 0 Å². The van der Waals surface area contributed by atoms with Crippen molar-refractivity contribution in [2.45, 2.75) is 83.3 Å². The Balaban J connectivity index is 1.32. The summed E-state index contributed by atoms with van der Waals surface area (Å²) in [4.78, 5) is 34.5. The summed E-state index contributed by atoms with van der Waals surface area (Å²) in [5.41, 5.74) is 3.71. The van der Waals surface area contributed by atoms with Gasteiger partial charge in [0.1, 0.15) is 23.7 Å². The van der Waals surface area contributed by atoms with Gasteiger partial charge in [-0.15, -0.1) is 0 Å². The number of carbonyl (C=O) groups excluding carboxylic acids is 2. The fraction of sp³-hybridized carbons (Fsp3) is 0.528. The molecule has 244 valence electrons. The lowest BCUT2D eigenvalue weighted by molar-refractivity contribution is -0.124. The monoisotopic (exact) mass is 626 g/mol. The van der Waals surface area contributed by atoms with Gasteiger partial charge in [-0.1, -0.05) is 6.07 Å². The van der Waals surface area contributed by atoms with E-state index in [1.807, 2.05) is 46.2 Å². The number of aromatic nitrogens is 3. The minimum Gasteiger partial charge on any atom is -0.495 e. The van der Waals surface area contributed by atoms with Crippen molar-refractivity contribution in [2.24, 2.45) is 11.8 Å². The van der Waals surface area contributed by atoms with Gasteiger partial charge in [-0.3, -0.25) is 14.4 Å². The molecule has 0 saturated heterocycles. The third kappa shape index (κ3) is 7.69. The molecule has 46 heavy (non-hydrogen) atoms. The standard InChI is InChI=1S/C36H46N6O4/c1-24(2)42-23-31(21-39-42)29-16-17-38-34(19-29)41(35(43)27-10-13-32(14-11-27)46-36(44)40(3)4)22-25-6-8-26(9-7-25)28-12-15-33(45-5)30(18-28)20-37/h12,15-19,21,23-27,32H,6-11,13-14,22H2,1-5H3. The first-order valence-electron chi connectivity index (χ1n) is 16.4. The minimum absolute atomic E-state index is 0.0934. The highest BCUT2D eigenvalue weighted by atomic mass is 16.6. The number of anilines is 1. The number of ether oxygens (including phenoxy) is 2. The lowest BCUT2D eigenvalue weighted by Gasteiger charge is -2.36. The fourth-order valence-corrected chi connectivity index (χ4v) is 6.71. The van der Waals surface area contributed by atoms with Crippen LogP contribution in [0.4, 0.5) is 10.6 Å². The molecule has 2 aliphatic rings. The fourth-order valence-electron chi connectivity index (χ4n) is 6.71. The molecule has 5 rings (SSSR count). The van der Waals surface area contributed by atoms with E-state index in [-0.39, 0.29) is 30.1 Å². The van der Waals surface area contributed by atoms with Crippen molar-refractivity contribution in [1.82, 2.24) is 19.7 Å². The second kappa shape index (κ2) is 14.8. The number of pyridine rings is 1. The number of hydrogen-bond acceptors (Lipinski definition) is 7. The number of nitriles is 1. The van der Waals surface area contributed by atoms with Crippen LogP contribution in [0.15, 0.2) is 48.9 Å². The van der Waals surface area contributed by atoms with Gasteiger partial charge in [0.15, 0.2) is 0 Å². The molecule has 0 unspecified atom stereocenters. The molecule has 0 atom stereocenters. The van der Waals surface area contributed by atoms with Crippen LogP contribution < -0.4 is 9.64 Å². The van der Waals surface area contributed by atoms with Gasteiger partial charge in [0.2, 0.25) is 5.91 Å². The predicted molar refractivity (Wildman–Crippen MR) is 177 cm³/mol. The quantitative estimate of drug-likeness (QED) is 0.252. The summed E-state index contributed by atoms with van der Waals surface area (Å²) in [6.45, 7) is 4.79. The van der Waals surface area contributed by atoms with Crippen molar-refractivity contribution in [3.63, 3.8) is 0 Å². The number of nitrogens with zero attached hydrogens (tertiary/aromatic N) is 6. The summed E-state index contributed by atoms with van der Waals surface area (Å²) in [5.74, 6) is 1.92. The van der Waals surface area contributed by atoms with Crippen LogP contribution in [0, 0.1) is 23.2 Å². The molecule has 2 heterocycles. The molecule has 2 aliphatic carbocycles. The molecule has 0 spiro atoms. The number of carbonyl (C=O) groups is 2. The lowest BCUT2D eigenvalue weighted by atomic mass is 9.78. The molecule has 2 saturated carbocycles. The summed E-state index contributed by atoms with van der Waals surface area (Å²) in [6.07, 6.45) is 11.8. The second-order valence-electron chi connectivity index (χ2n) is 13.2. The third-order valence-corrected chi connectivity index (χ3v) is 9.51. The Hall–Kier alpha value is -4.39. The average molecular weight is 627 g/mol. The molecule has 1 aromatic carbocycles. The van der Waals surface area contributed by atoms with Gasteiger partial charge >= 0.3 is 6.09 Å². The van der Waals surface area contributed by atoms with Crippen LogP contribution in [-0.2, 0) is 9.53 Å². The van der Waals surface area contributed by atoms with Crippen LogP contribution in [-0.4, -0.2) is 65.5 Å². The number of hydrogen-bond donors (Lipinski definition) is 0. The van der Waals surface area contributed by atoms with E-state index in [9.17, 15) is 14.9 Å². The minimum atomic E-state index is -0.340. The molecule has 0 N–H and O–H groups in total. The molecule has 3 aromatic rings. The van der Waals surface area contributed by atoms with Gasteiger partial charge in [-0.25, -0.2) is 9.78 Å². The van der Waals surface area contributed by atoms with E-state index in [2.05, 4.69) is 31.1 Å². The number of amides is 2. The van der Waals surface area contributed by atoms with Crippen molar-refractivity contribution in [1.29, 1.82) is 5.26 Å². The number of methoxy groups -OCH3 is 1. The number of rotatable bonds is 9. The maximum atomic E-state index is 14.3. The van der Waals surface area contributed by atoms with Gasteiger partial charge in [-0.05, 0) is 112 Å². The lowest BCUT2D eigenvalue weighted by Crippen LogP contribution is -2.42. The van der Waals surface area contributed by atoms with Crippen LogP contribution in [0.1, 0.15) is 88.3 Å². The van der Waals surface area contributed by atoms with E-state index in [1.54, 1.807) is 27.4 Å². The van der Waals surface area contributed by atoms with E-state index in [1.165, 1.54) is 10.5 Å². The van der Waals surface area contributed by atoms with Gasteiger partial charge in [0.05, 0.1) is 18.9 Å². The summed E-state index contributed by atoms with van der Waals surface area (Å²) in [7, 11) is 4.94. The van der Waals surface area contributed by atoms with Crippen molar-refractivity contribution in [2.75, 3.05) is 32.6 Å². The SMILES string of the molecule is COc1ccc(C2CCC(CN(C(=O)C3CCC(OC(=O)N(C)C)CC3)c3cc(-c4cnn(C(C)C)c4)ccn3)CC2)cc1C#N. The first kappa shape index (κ1) is 33.0. The van der Waals surface area contributed by atoms with Gasteiger partial charge in [-0.2, -0.15) is 10.4 Å². The normalized spacial score (nSPS) is 21.3. The first-order chi connectivity index (χ1) is 22.2. The summed E-state index contributed by atoms with van der Waals surface area (Å²) in [5, 5.41) is 14.1. The predicted octanol–water partition coefficient (Wildman–Crippen LogP) is 6.97. The molecule has 0 bridgehead atoms. The topological polar surface area (TPSA) is 114 Å². The van der Waals surface area contributed by atoms with E-state index in [0.29, 0.717) is 61.2 Å². The van der Waals surface area contributed by atoms with E-state index < -0.39 is 0 Å². The van der Waals surface area contributed by atoms with E-state index in [0.717, 1.165) is 36.8 Å². The van der Waals surface area contributed by atoms with Crippen molar-refractivity contribution in [3.05, 3.63) is 60.0 Å². The van der Waals surface area contributed by atoms with Crippen molar-refractivity contribution < 1.29 is 19.1 Å². The molecule has 10 nitrogen and oxygen atoms in total. The van der Waals surface area contributed by atoms with Gasteiger partial charge < -0.3 is 14.4 Å². The highest BCUT2D eigenvalue weighted by molar-refractivity contribution is 5.94. The summed E-state index contributed by atoms with van der Waals surface area (Å²) >= 11 is 0. The van der Waals surface area contributed by atoms with Crippen LogP contribution in [0.2, 0.25) is 0 Å². The zero-order valence-corrected chi connectivity index (χ0v) is 27.7. The molecule has 2 amide bonds. The smallest absolute Gasteiger partial charge is 0.409 e. The van der Waals surface area contributed by atoms with Crippen molar-refractivity contribution in [3.8, 4) is 22.9 Å². The Morgan fingerprint density at radius 1 is 1.02 bits per heavy atom. The second-order valence-corrected chi connectivity index (χ2v) is 13.2. The largest absolute Gasteiger partial charge is 0.495 e. The molecule has 2 fully saturated rings. The first-order valence-corrected chi connectivity index (χ1v) is 16.4. The molecule has 0 radical (unpaired) electrons. The Morgan fingerprint density at radius 2 is 1.76 bits per heavy atom. The van der Waals surface area contributed by atoms with Crippen LogP contribution >= 0.6 is 0 Å². The summed E-state index contributed by atoms with van der Waals surface area (Å²) < 4.78 is 12.9. The Kier molecular flexibility index (Phi) is 10.6. The molecule has 0 aliphatic heterocycles. The van der Waals surface area contributed by atoms with E-state index >= 15 is 0 Å².